The molecule has 1 heterocycles. The standard InChI is InChI=1S/C11H18N4/c1-15-8-11(13-14-15)7-9-4-2-3-5-10(12)6-9/h6,8,10H,2-5,7,12H2,1H3. The number of hydrogen-bond donors (Lipinski definition) is 1. The summed E-state index contributed by atoms with van der Waals surface area (Å²) < 4.78 is 1.74. The Balaban J connectivity index is 2.04. The van der Waals surface area contributed by atoms with Crippen molar-refractivity contribution in [3.8, 4) is 0 Å². The first-order chi connectivity index (χ1) is 7.24. The molecule has 0 spiro atoms. The number of nitrogens with zero attached hydrogens (tertiary/aromatic N) is 3. The molecular weight excluding hydrogens is 188 g/mol. The Kier molecular flexibility index (Phi) is 3.16. The zero-order valence-corrected chi connectivity index (χ0v) is 9.19. The lowest BCUT2D eigenvalue weighted by Crippen LogP contribution is -2.16. The summed E-state index contributed by atoms with van der Waals surface area (Å²) in [5, 5.41) is 8.03. The minimum atomic E-state index is 0.235. The van der Waals surface area contributed by atoms with Crippen LogP contribution < -0.4 is 5.73 Å². The lowest BCUT2D eigenvalue weighted by Gasteiger charge is -2.04. The van der Waals surface area contributed by atoms with Gasteiger partial charge in [-0.1, -0.05) is 23.3 Å². The van der Waals surface area contributed by atoms with E-state index >= 15 is 0 Å². The van der Waals surface area contributed by atoms with Crippen LogP contribution in [0.4, 0.5) is 0 Å². The molecule has 1 aliphatic rings. The van der Waals surface area contributed by atoms with Crippen molar-refractivity contribution in [3.63, 3.8) is 0 Å². The van der Waals surface area contributed by atoms with Gasteiger partial charge in [-0.3, -0.25) is 4.68 Å². The van der Waals surface area contributed by atoms with Crippen LogP contribution in [0.5, 0.6) is 0 Å². The minimum absolute atomic E-state index is 0.235. The first-order valence-electron chi connectivity index (χ1n) is 5.54. The van der Waals surface area contributed by atoms with Gasteiger partial charge in [0.05, 0.1) is 5.69 Å². The van der Waals surface area contributed by atoms with E-state index in [9.17, 15) is 0 Å². The Labute approximate surface area is 90.2 Å². The smallest absolute Gasteiger partial charge is 0.0867 e. The highest BCUT2D eigenvalue weighted by molar-refractivity contribution is 5.15. The van der Waals surface area contributed by atoms with Gasteiger partial charge in [-0.2, -0.15) is 0 Å². The Bertz CT molecular complexity index is 353. The van der Waals surface area contributed by atoms with Crippen molar-refractivity contribution >= 4 is 0 Å². The van der Waals surface area contributed by atoms with Crippen molar-refractivity contribution in [2.24, 2.45) is 12.8 Å². The highest BCUT2D eigenvalue weighted by Gasteiger charge is 2.10. The summed E-state index contributed by atoms with van der Waals surface area (Å²) in [6.45, 7) is 0. The summed E-state index contributed by atoms with van der Waals surface area (Å²) in [6.07, 6.45) is 9.84. The Morgan fingerprint density at radius 3 is 3.13 bits per heavy atom. The van der Waals surface area contributed by atoms with Gasteiger partial charge in [0.2, 0.25) is 0 Å². The van der Waals surface area contributed by atoms with Gasteiger partial charge in [0, 0.05) is 25.7 Å². The van der Waals surface area contributed by atoms with E-state index in [0.29, 0.717) is 0 Å². The van der Waals surface area contributed by atoms with Crippen molar-refractivity contribution in [1.82, 2.24) is 15.0 Å². The fraction of sp³-hybridized carbons (Fsp3) is 0.636. The maximum Gasteiger partial charge on any atom is 0.0867 e. The minimum Gasteiger partial charge on any atom is -0.324 e. The second-order valence-electron chi connectivity index (χ2n) is 4.29. The van der Waals surface area contributed by atoms with Gasteiger partial charge in [0.25, 0.3) is 0 Å². The Morgan fingerprint density at radius 2 is 2.40 bits per heavy atom. The van der Waals surface area contributed by atoms with Crippen LogP contribution in [0.25, 0.3) is 0 Å². The van der Waals surface area contributed by atoms with Crippen LogP contribution in [-0.2, 0) is 13.5 Å². The molecule has 4 nitrogen and oxygen atoms in total. The Morgan fingerprint density at radius 1 is 1.53 bits per heavy atom. The van der Waals surface area contributed by atoms with Crippen LogP contribution in [-0.4, -0.2) is 21.0 Å². The van der Waals surface area contributed by atoms with Gasteiger partial charge in [0.1, 0.15) is 0 Å². The number of allylic oxidation sites excluding steroid dienone is 1. The molecule has 4 heteroatoms. The molecule has 0 aliphatic heterocycles. The van der Waals surface area contributed by atoms with Crippen LogP contribution >= 0.6 is 0 Å². The summed E-state index contributed by atoms with van der Waals surface area (Å²) in [6, 6.07) is 0.235. The molecule has 0 aromatic carbocycles. The summed E-state index contributed by atoms with van der Waals surface area (Å²) in [7, 11) is 1.89. The van der Waals surface area contributed by atoms with Gasteiger partial charge in [-0.15, -0.1) is 5.10 Å². The molecule has 0 saturated heterocycles. The van der Waals surface area contributed by atoms with E-state index in [-0.39, 0.29) is 6.04 Å². The highest BCUT2D eigenvalue weighted by Crippen LogP contribution is 2.19. The molecule has 0 radical (unpaired) electrons. The third kappa shape index (κ3) is 2.89. The van der Waals surface area contributed by atoms with Crippen LogP contribution in [0.1, 0.15) is 31.4 Å². The van der Waals surface area contributed by atoms with Gasteiger partial charge in [-0.05, 0) is 19.3 Å². The molecule has 82 valence electrons. The van der Waals surface area contributed by atoms with Gasteiger partial charge in [-0.25, -0.2) is 0 Å². The van der Waals surface area contributed by atoms with E-state index in [1.807, 2.05) is 13.2 Å². The monoisotopic (exact) mass is 206 g/mol. The molecule has 0 saturated carbocycles. The van der Waals surface area contributed by atoms with Crippen LogP contribution in [0.15, 0.2) is 17.8 Å². The molecule has 2 rings (SSSR count). The van der Waals surface area contributed by atoms with Crippen molar-refractivity contribution in [2.75, 3.05) is 0 Å². The lowest BCUT2D eigenvalue weighted by atomic mass is 10.1. The summed E-state index contributed by atoms with van der Waals surface area (Å²) >= 11 is 0. The fourth-order valence-electron chi connectivity index (χ4n) is 2.06. The van der Waals surface area contributed by atoms with E-state index in [1.165, 1.54) is 18.4 Å². The molecule has 0 amide bonds. The fourth-order valence-corrected chi connectivity index (χ4v) is 2.06. The van der Waals surface area contributed by atoms with Gasteiger partial charge >= 0.3 is 0 Å². The SMILES string of the molecule is Cn1cc(CC2=CC(N)CCCC2)nn1. The highest BCUT2D eigenvalue weighted by atomic mass is 15.4. The second kappa shape index (κ2) is 4.57. The van der Waals surface area contributed by atoms with Gasteiger partial charge < -0.3 is 5.73 Å². The molecule has 2 N–H and O–H groups in total. The number of aromatic nitrogens is 3. The van der Waals surface area contributed by atoms with E-state index in [4.69, 9.17) is 5.73 Å². The molecule has 1 unspecified atom stereocenters. The number of nitrogens with two attached hydrogens (primary N) is 1. The topological polar surface area (TPSA) is 56.7 Å². The Hall–Kier alpha value is -1.16. The van der Waals surface area contributed by atoms with Crippen molar-refractivity contribution in [3.05, 3.63) is 23.5 Å². The third-order valence-corrected chi connectivity index (χ3v) is 2.79. The molecule has 15 heavy (non-hydrogen) atoms. The maximum atomic E-state index is 5.97. The zero-order valence-electron chi connectivity index (χ0n) is 9.19. The van der Waals surface area contributed by atoms with E-state index < -0.39 is 0 Å². The third-order valence-electron chi connectivity index (χ3n) is 2.79. The molecule has 0 fully saturated rings. The predicted octanol–water partition coefficient (Wildman–Crippen LogP) is 1.19. The molecule has 1 aliphatic carbocycles. The second-order valence-corrected chi connectivity index (χ2v) is 4.29. The average Bonchev–Trinajstić information content (AvgIpc) is 2.46. The molecule has 1 aromatic rings. The maximum absolute atomic E-state index is 5.97. The quantitative estimate of drug-likeness (QED) is 0.739. The summed E-state index contributed by atoms with van der Waals surface area (Å²) in [5.41, 5.74) is 8.42. The number of aryl methyl sites for hydroxylation is 1. The number of rotatable bonds is 2. The van der Waals surface area contributed by atoms with E-state index in [1.54, 1.807) is 4.68 Å². The molecular formula is C11H18N4. The average molecular weight is 206 g/mol. The lowest BCUT2D eigenvalue weighted by molar-refractivity contribution is 0.654. The van der Waals surface area contributed by atoms with Crippen molar-refractivity contribution in [1.29, 1.82) is 0 Å². The van der Waals surface area contributed by atoms with Crippen molar-refractivity contribution in [2.45, 2.75) is 38.1 Å². The first kappa shape index (κ1) is 10.4. The van der Waals surface area contributed by atoms with E-state index in [2.05, 4.69) is 16.4 Å². The number of hydrogen-bond acceptors (Lipinski definition) is 3. The van der Waals surface area contributed by atoms with Crippen molar-refractivity contribution < 1.29 is 0 Å². The van der Waals surface area contributed by atoms with Crippen LogP contribution in [0.2, 0.25) is 0 Å². The largest absolute Gasteiger partial charge is 0.324 e. The van der Waals surface area contributed by atoms with E-state index in [0.717, 1.165) is 25.0 Å². The zero-order chi connectivity index (χ0) is 10.7. The molecule has 1 aromatic heterocycles. The predicted molar refractivity (Wildman–Crippen MR) is 59.2 cm³/mol. The van der Waals surface area contributed by atoms with Crippen LogP contribution in [0, 0.1) is 0 Å². The normalized spacial score (nSPS) is 22.3. The van der Waals surface area contributed by atoms with Gasteiger partial charge in [0.15, 0.2) is 0 Å². The molecule has 1 atom stereocenters. The molecule has 0 bridgehead atoms. The first-order valence-corrected chi connectivity index (χ1v) is 5.54. The summed E-state index contributed by atoms with van der Waals surface area (Å²) in [5.74, 6) is 0. The van der Waals surface area contributed by atoms with Crippen LogP contribution in [0.3, 0.4) is 0 Å². The summed E-state index contributed by atoms with van der Waals surface area (Å²) in [4.78, 5) is 0.